The summed E-state index contributed by atoms with van der Waals surface area (Å²) >= 11 is 0. The lowest BCUT2D eigenvalue weighted by molar-refractivity contribution is 0.475. The van der Waals surface area contributed by atoms with Crippen LogP contribution in [0.3, 0.4) is 0 Å². The molecule has 0 unspecified atom stereocenters. The number of hydrogen-bond acceptors (Lipinski definition) is 3. The van der Waals surface area contributed by atoms with E-state index in [-0.39, 0.29) is 5.75 Å². The van der Waals surface area contributed by atoms with E-state index in [2.05, 4.69) is 30.6 Å². The van der Waals surface area contributed by atoms with Crippen molar-refractivity contribution in [2.75, 3.05) is 11.4 Å². The zero-order valence-electron chi connectivity index (χ0n) is 11.4. The highest BCUT2D eigenvalue weighted by molar-refractivity contribution is 5.52. The van der Waals surface area contributed by atoms with Crippen molar-refractivity contribution in [3.05, 3.63) is 48.8 Å². The van der Waals surface area contributed by atoms with Gasteiger partial charge in [-0.2, -0.15) is 0 Å². The van der Waals surface area contributed by atoms with Gasteiger partial charge in [0.15, 0.2) is 0 Å². The van der Waals surface area contributed by atoms with Crippen LogP contribution in [0.5, 0.6) is 5.75 Å². The second-order valence-corrected chi connectivity index (χ2v) is 4.40. The summed E-state index contributed by atoms with van der Waals surface area (Å²) in [6.45, 7) is 10.7. The molecule has 18 heavy (non-hydrogen) atoms. The first-order chi connectivity index (χ1) is 8.58. The van der Waals surface area contributed by atoms with Gasteiger partial charge in [-0.05, 0) is 39.1 Å². The molecule has 0 saturated carbocycles. The Morgan fingerprint density at radius 2 is 2.22 bits per heavy atom. The van der Waals surface area contributed by atoms with Gasteiger partial charge < -0.3 is 15.3 Å². The summed E-state index contributed by atoms with van der Waals surface area (Å²) in [5, 5.41) is 12.7. The summed E-state index contributed by atoms with van der Waals surface area (Å²) in [6, 6.07) is 7.66. The molecule has 98 valence electrons. The third kappa shape index (κ3) is 3.84. The maximum Gasteiger partial charge on any atom is 0.117 e. The fourth-order valence-corrected chi connectivity index (χ4v) is 1.78. The minimum Gasteiger partial charge on any atom is -0.508 e. The van der Waals surface area contributed by atoms with E-state index in [0.29, 0.717) is 6.04 Å². The second kappa shape index (κ2) is 6.74. The molecule has 0 amide bonds. The van der Waals surface area contributed by atoms with E-state index in [1.165, 1.54) is 0 Å². The predicted octanol–water partition coefficient (Wildman–Crippen LogP) is 3.24. The summed E-state index contributed by atoms with van der Waals surface area (Å²) < 4.78 is 0. The van der Waals surface area contributed by atoms with Crippen molar-refractivity contribution in [1.29, 1.82) is 0 Å². The van der Waals surface area contributed by atoms with Crippen LogP contribution in [0, 0.1) is 0 Å². The molecule has 0 atom stereocenters. The molecule has 1 aromatic carbocycles. The Bertz CT molecular complexity index is 424. The summed E-state index contributed by atoms with van der Waals surface area (Å²) in [5.41, 5.74) is 2.09. The number of allylic oxidation sites excluding steroid dienone is 1. The fourth-order valence-electron chi connectivity index (χ4n) is 1.78. The molecule has 0 heterocycles. The Hall–Kier alpha value is -1.90. The minimum atomic E-state index is 0.289. The van der Waals surface area contributed by atoms with Gasteiger partial charge in [-0.3, -0.25) is 0 Å². The summed E-state index contributed by atoms with van der Waals surface area (Å²) in [6.07, 6.45) is 3.70. The van der Waals surface area contributed by atoms with Crippen molar-refractivity contribution in [2.24, 2.45) is 0 Å². The SMILES string of the molecule is C=CN/C(=C\C)CN(c1cccc(O)c1)C(C)C. The van der Waals surface area contributed by atoms with Gasteiger partial charge >= 0.3 is 0 Å². The topological polar surface area (TPSA) is 35.5 Å². The minimum absolute atomic E-state index is 0.289. The molecule has 2 N–H and O–H groups in total. The number of aromatic hydroxyl groups is 1. The van der Waals surface area contributed by atoms with Crippen molar-refractivity contribution in [3.8, 4) is 5.75 Å². The molecule has 0 aliphatic carbocycles. The van der Waals surface area contributed by atoms with Gasteiger partial charge in [-0.1, -0.05) is 18.7 Å². The van der Waals surface area contributed by atoms with Gasteiger partial charge in [0, 0.05) is 23.5 Å². The molecule has 1 aromatic rings. The average Bonchev–Trinajstić information content (AvgIpc) is 2.33. The number of phenols is 1. The van der Waals surface area contributed by atoms with Crippen molar-refractivity contribution in [1.82, 2.24) is 5.32 Å². The van der Waals surface area contributed by atoms with Gasteiger partial charge in [0.25, 0.3) is 0 Å². The van der Waals surface area contributed by atoms with E-state index >= 15 is 0 Å². The molecule has 1 rings (SSSR count). The van der Waals surface area contributed by atoms with Crippen molar-refractivity contribution < 1.29 is 5.11 Å². The summed E-state index contributed by atoms with van der Waals surface area (Å²) in [5.74, 6) is 0.289. The van der Waals surface area contributed by atoms with Gasteiger partial charge in [0.2, 0.25) is 0 Å². The standard InChI is InChI=1S/C15H22N2O/c1-5-13(16-6-2)11-17(12(3)4)14-8-7-9-15(18)10-14/h5-10,12,16,18H,2,11H2,1,3-4H3/b13-5-. The van der Waals surface area contributed by atoms with Crippen LogP contribution < -0.4 is 10.2 Å². The fraction of sp³-hybridized carbons (Fsp3) is 0.333. The molecular formula is C15H22N2O. The van der Waals surface area contributed by atoms with Crippen LogP contribution >= 0.6 is 0 Å². The van der Waals surface area contributed by atoms with Crippen molar-refractivity contribution >= 4 is 5.69 Å². The summed E-state index contributed by atoms with van der Waals surface area (Å²) in [7, 11) is 0. The molecular weight excluding hydrogens is 224 g/mol. The zero-order chi connectivity index (χ0) is 13.5. The van der Waals surface area contributed by atoms with Gasteiger partial charge in [-0.25, -0.2) is 0 Å². The average molecular weight is 246 g/mol. The Morgan fingerprint density at radius 1 is 1.50 bits per heavy atom. The molecule has 3 nitrogen and oxygen atoms in total. The van der Waals surface area contributed by atoms with Gasteiger partial charge in [-0.15, -0.1) is 0 Å². The Morgan fingerprint density at radius 3 is 2.72 bits per heavy atom. The van der Waals surface area contributed by atoms with Crippen LogP contribution in [0.2, 0.25) is 0 Å². The van der Waals surface area contributed by atoms with Crippen LogP contribution in [0.25, 0.3) is 0 Å². The Balaban J connectivity index is 2.93. The molecule has 0 saturated heterocycles. The number of phenolic OH excluding ortho intramolecular Hbond substituents is 1. The van der Waals surface area contributed by atoms with Gasteiger partial charge in [0.05, 0.1) is 6.54 Å². The number of benzene rings is 1. The molecule has 3 heteroatoms. The third-order valence-corrected chi connectivity index (χ3v) is 2.76. The molecule has 0 bridgehead atoms. The second-order valence-electron chi connectivity index (χ2n) is 4.40. The van der Waals surface area contributed by atoms with Gasteiger partial charge in [0.1, 0.15) is 5.75 Å². The van der Waals surface area contributed by atoms with E-state index in [1.807, 2.05) is 25.1 Å². The molecule has 0 aliphatic heterocycles. The molecule has 0 fully saturated rings. The van der Waals surface area contributed by atoms with E-state index in [9.17, 15) is 5.11 Å². The van der Waals surface area contributed by atoms with Crippen LogP contribution in [0.15, 0.2) is 48.8 Å². The third-order valence-electron chi connectivity index (χ3n) is 2.76. The number of anilines is 1. The lowest BCUT2D eigenvalue weighted by Gasteiger charge is -2.30. The van der Waals surface area contributed by atoms with Crippen molar-refractivity contribution in [2.45, 2.75) is 26.8 Å². The molecule has 0 aliphatic rings. The maximum absolute atomic E-state index is 9.57. The monoisotopic (exact) mass is 246 g/mol. The lowest BCUT2D eigenvalue weighted by atomic mass is 10.2. The number of nitrogens with zero attached hydrogens (tertiary/aromatic N) is 1. The van der Waals surface area contributed by atoms with Crippen LogP contribution in [-0.2, 0) is 0 Å². The lowest BCUT2D eigenvalue weighted by Crippen LogP contribution is -2.34. The Kier molecular flexibility index (Phi) is 5.31. The van der Waals surface area contributed by atoms with Crippen LogP contribution in [0.1, 0.15) is 20.8 Å². The summed E-state index contributed by atoms with van der Waals surface area (Å²) in [4.78, 5) is 2.21. The van der Waals surface area contributed by atoms with E-state index in [4.69, 9.17) is 0 Å². The van der Waals surface area contributed by atoms with E-state index < -0.39 is 0 Å². The highest BCUT2D eigenvalue weighted by atomic mass is 16.3. The van der Waals surface area contributed by atoms with Crippen LogP contribution in [-0.4, -0.2) is 17.7 Å². The first-order valence-corrected chi connectivity index (χ1v) is 6.16. The largest absolute Gasteiger partial charge is 0.508 e. The smallest absolute Gasteiger partial charge is 0.117 e. The predicted molar refractivity (Wildman–Crippen MR) is 77.7 cm³/mol. The number of rotatable bonds is 6. The first kappa shape index (κ1) is 14.2. The number of hydrogen-bond donors (Lipinski definition) is 2. The first-order valence-electron chi connectivity index (χ1n) is 6.16. The number of nitrogens with one attached hydrogen (secondary N) is 1. The zero-order valence-corrected chi connectivity index (χ0v) is 11.4. The maximum atomic E-state index is 9.57. The van der Waals surface area contributed by atoms with Crippen LogP contribution in [0.4, 0.5) is 5.69 Å². The molecule has 0 radical (unpaired) electrons. The highest BCUT2D eigenvalue weighted by Crippen LogP contribution is 2.22. The Labute approximate surface area is 109 Å². The van der Waals surface area contributed by atoms with E-state index in [0.717, 1.165) is 17.9 Å². The normalized spacial score (nSPS) is 11.4. The van der Waals surface area contributed by atoms with E-state index in [1.54, 1.807) is 18.3 Å². The molecule has 0 aromatic heterocycles. The van der Waals surface area contributed by atoms with Crippen molar-refractivity contribution in [3.63, 3.8) is 0 Å². The highest BCUT2D eigenvalue weighted by Gasteiger charge is 2.12. The molecule has 0 spiro atoms. The quantitative estimate of drug-likeness (QED) is 0.809.